The van der Waals surface area contributed by atoms with E-state index in [2.05, 4.69) is 12.2 Å². The lowest BCUT2D eigenvalue weighted by atomic mass is 9.88. The fourth-order valence-electron chi connectivity index (χ4n) is 2.99. The number of amides is 2. The lowest BCUT2D eigenvalue weighted by Gasteiger charge is -2.18. The Morgan fingerprint density at radius 3 is 2.88 bits per heavy atom. The summed E-state index contributed by atoms with van der Waals surface area (Å²) < 4.78 is 5.43. The summed E-state index contributed by atoms with van der Waals surface area (Å²) in [6.45, 7) is 1.92. The molecule has 138 valence electrons. The highest BCUT2D eigenvalue weighted by atomic mass is 35.5. The van der Waals surface area contributed by atoms with Crippen LogP contribution < -0.4 is 15.8 Å². The summed E-state index contributed by atoms with van der Waals surface area (Å²) in [5.41, 5.74) is 6.94. The first kappa shape index (κ1) is 19.0. The van der Waals surface area contributed by atoms with E-state index in [1.807, 2.05) is 0 Å². The monoisotopic (exact) mass is 412 g/mol. The number of anilines is 1. The lowest BCUT2D eigenvalue weighted by Crippen LogP contribution is -2.22. The number of carbonyl (C=O) groups is 2. The minimum atomic E-state index is -0.522. The highest BCUT2D eigenvalue weighted by molar-refractivity contribution is 7.17. The van der Waals surface area contributed by atoms with Crippen molar-refractivity contribution in [2.24, 2.45) is 11.7 Å². The van der Waals surface area contributed by atoms with Gasteiger partial charge in [-0.15, -0.1) is 11.3 Å². The molecule has 1 aromatic carbocycles. The molecule has 2 amide bonds. The van der Waals surface area contributed by atoms with Gasteiger partial charge in [-0.25, -0.2) is 0 Å². The number of benzene rings is 1. The zero-order valence-corrected chi connectivity index (χ0v) is 16.4. The average Bonchev–Trinajstić information content (AvgIpc) is 2.92. The van der Waals surface area contributed by atoms with Crippen LogP contribution in [0.5, 0.6) is 5.75 Å². The summed E-state index contributed by atoms with van der Waals surface area (Å²) in [5.74, 6) is -0.0381. The van der Waals surface area contributed by atoms with Gasteiger partial charge in [-0.1, -0.05) is 30.1 Å². The second kappa shape index (κ2) is 7.86. The second-order valence-electron chi connectivity index (χ2n) is 6.33. The van der Waals surface area contributed by atoms with Crippen molar-refractivity contribution < 1.29 is 14.3 Å². The van der Waals surface area contributed by atoms with Crippen LogP contribution in [0.15, 0.2) is 18.2 Å². The number of nitrogens with two attached hydrogens (primary N) is 1. The van der Waals surface area contributed by atoms with Crippen LogP contribution in [-0.2, 0) is 17.6 Å². The fraction of sp³-hybridized carbons (Fsp3) is 0.333. The van der Waals surface area contributed by atoms with Gasteiger partial charge in [0.25, 0.3) is 11.8 Å². The average molecular weight is 413 g/mol. The molecule has 0 aliphatic heterocycles. The molecule has 2 aromatic rings. The zero-order chi connectivity index (χ0) is 18.8. The highest BCUT2D eigenvalue weighted by Crippen LogP contribution is 2.39. The first-order valence-corrected chi connectivity index (χ1v) is 9.74. The quantitative estimate of drug-likeness (QED) is 0.767. The third kappa shape index (κ3) is 4.14. The molecule has 0 bridgehead atoms. The van der Waals surface area contributed by atoms with Crippen LogP contribution in [0, 0.1) is 5.92 Å². The predicted octanol–water partition coefficient (Wildman–Crippen LogP) is 4.30. The molecular formula is C18H18Cl2N2O3S. The molecule has 0 saturated carbocycles. The molecule has 1 unspecified atom stereocenters. The Bertz CT molecular complexity index is 866. The molecule has 1 aromatic heterocycles. The molecule has 5 nitrogen and oxygen atoms in total. The molecule has 1 aliphatic rings. The molecule has 0 saturated heterocycles. The first-order valence-electron chi connectivity index (χ1n) is 8.17. The molecule has 3 rings (SSSR count). The molecule has 8 heteroatoms. The molecule has 0 fully saturated rings. The van der Waals surface area contributed by atoms with Gasteiger partial charge in [-0.2, -0.15) is 0 Å². The third-order valence-electron chi connectivity index (χ3n) is 4.26. The number of hydrogen-bond donors (Lipinski definition) is 2. The summed E-state index contributed by atoms with van der Waals surface area (Å²) in [7, 11) is 0. The Balaban J connectivity index is 1.73. The van der Waals surface area contributed by atoms with Gasteiger partial charge in [0.2, 0.25) is 0 Å². The van der Waals surface area contributed by atoms with Crippen molar-refractivity contribution >= 4 is 51.4 Å². The van der Waals surface area contributed by atoms with Gasteiger partial charge in [0.05, 0.1) is 10.6 Å². The number of carbonyl (C=O) groups excluding carboxylic acids is 2. The van der Waals surface area contributed by atoms with Crippen LogP contribution in [0.4, 0.5) is 5.00 Å². The third-order valence-corrected chi connectivity index (χ3v) is 5.98. The maximum Gasteiger partial charge on any atom is 0.262 e. The number of ether oxygens (including phenoxy) is 1. The van der Waals surface area contributed by atoms with Gasteiger partial charge in [-0.3, -0.25) is 9.59 Å². The number of rotatable bonds is 5. The van der Waals surface area contributed by atoms with E-state index in [-0.39, 0.29) is 6.61 Å². The molecule has 1 aliphatic carbocycles. The van der Waals surface area contributed by atoms with E-state index < -0.39 is 11.8 Å². The Morgan fingerprint density at radius 2 is 2.15 bits per heavy atom. The van der Waals surface area contributed by atoms with E-state index in [1.165, 1.54) is 17.4 Å². The largest absolute Gasteiger partial charge is 0.482 e. The topological polar surface area (TPSA) is 81.4 Å². The molecule has 0 spiro atoms. The first-order chi connectivity index (χ1) is 12.3. The summed E-state index contributed by atoms with van der Waals surface area (Å²) >= 11 is 13.3. The van der Waals surface area contributed by atoms with Crippen molar-refractivity contribution in [3.8, 4) is 5.75 Å². The van der Waals surface area contributed by atoms with E-state index in [0.29, 0.717) is 32.3 Å². The van der Waals surface area contributed by atoms with Crippen molar-refractivity contribution in [2.75, 3.05) is 11.9 Å². The SMILES string of the molecule is CC1CCc2c(sc(NC(=O)COc3cc(Cl)ccc3Cl)c2C(N)=O)C1. The lowest BCUT2D eigenvalue weighted by molar-refractivity contribution is -0.118. The molecular weight excluding hydrogens is 395 g/mol. The number of fused-ring (bicyclic) bond motifs is 1. The number of thiophene rings is 1. The van der Waals surface area contributed by atoms with Crippen LogP contribution in [0.25, 0.3) is 0 Å². The van der Waals surface area contributed by atoms with Gasteiger partial charge in [0, 0.05) is 16.0 Å². The minimum absolute atomic E-state index is 0.253. The maximum atomic E-state index is 12.3. The Kier molecular flexibility index (Phi) is 5.75. The van der Waals surface area contributed by atoms with Crippen molar-refractivity contribution in [3.63, 3.8) is 0 Å². The molecule has 1 heterocycles. The Labute approximate surface area is 165 Å². The second-order valence-corrected chi connectivity index (χ2v) is 8.28. The summed E-state index contributed by atoms with van der Waals surface area (Å²) in [6, 6.07) is 4.77. The van der Waals surface area contributed by atoms with E-state index in [4.69, 9.17) is 33.7 Å². The van der Waals surface area contributed by atoms with Crippen molar-refractivity contribution in [2.45, 2.75) is 26.2 Å². The summed E-state index contributed by atoms with van der Waals surface area (Å²) in [6.07, 6.45) is 2.70. The Hall–Kier alpha value is -1.76. The van der Waals surface area contributed by atoms with Crippen LogP contribution in [0.3, 0.4) is 0 Å². The van der Waals surface area contributed by atoms with E-state index in [0.717, 1.165) is 29.7 Å². The number of hydrogen-bond acceptors (Lipinski definition) is 4. The number of primary amides is 1. The zero-order valence-electron chi connectivity index (χ0n) is 14.1. The minimum Gasteiger partial charge on any atom is -0.482 e. The summed E-state index contributed by atoms with van der Waals surface area (Å²) in [4.78, 5) is 25.3. The van der Waals surface area contributed by atoms with Gasteiger partial charge in [-0.05, 0) is 42.9 Å². The predicted molar refractivity (Wildman–Crippen MR) is 105 cm³/mol. The van der Waals surface area contributed by atoms with Crippen molar-refractivity contribution in [1.29, 1.82) is 0 Å². The fourth-order valence-corrected chi connectivity index (χ4v) is 4.76. The standard InChI is InChI=1S/C18H18Cl2N2O3S/c1-9-2-4-11-14(6-9)26-18(16(11)17(21)24)22-15(23)8-25-13-7-10(19)3-5-12(13)20/h3,5,7,9H,2,4,6,8H2,1H3,(H2,21,24)(H,22,23). The molecule has 3 N–H and O–H groups in total. The summed E-state index contributed by atoms with van der Waals surface area (Å²) in [5, 5.41) is 4.06. The van der Waals surface area contributed by atoms with Gasteiger partial charge in [0.1, 0.15) is 10.8 Å². The van der Waals surface area contributed by atoms with E-state index >= 15 is 0 Å². The highest BCUT2D eigenvalue weighted by Gasteiger charge is 2.27. The van der Waals surface area contributed by atoms with Crippen LogP contribution in [0.1, 0.15) is 34.1 Å². The van der Waals surface area contributed by atoms with E-state index in [9.17, 15) is 9.59 Å². The number of nitrogens with one attached hydrogen (secondary N) is 1. The van der Waals surface area contributed by atoms with Crippen molar-refractivity contribution in [1.82, 2.24) is 0 Å². The van der Waals surface area contributed by atoms with Crippen LogP contribution >= 0.6 is 34.5 Å². The van der Waals surface area contributed by atoms with E-state index in [1.54, 1.807) is 12.1 Å². The smallest absolute Gasteiger partial charge is 0.262 e. The van der Waals surface area contributed by atoms with Gasteiger partial charge in [0.15, 0.2) is 6.61 Å². The molecule has 1 atom stereocenters. The molecule has 0 radical (unpaired) electrons. The van der Waals surface area contributed by atoms with Crippen LogP contribution in [0.2, 0.25) is 10.0 Å². The van der Waals surface area contributed by atoms with Crippen LogP contribution in [-0.4, -0.2) is 18.4 Å². The Morgan fingerprint density at radius 1 is 1.38 bits per heavy atom. The number of halogens is 2. The maximum absolute atomic E-state index is 12.3. The molecule has 26 heavy (non-hydrogen) atoms. The van der Waals surface area contributed by atoms with Gasteiger partial charge < -0.3 is 15.8 Å². The normalized spacial score (nSPS) is 16.0. The van der Waals surface area contributed by atoms with Gasteiger partial charge >= 0.3 is 0 Å². The van der Waals surface area contributed by atoms with Crippen molar-refractivity contribution in [3.05, 3.63) is 44.2 Å².